The van der Waals surface area contributed by atoms with Gasteiger partial charge in [0, 0.05) is 6.61 Å². The van der Waals surface area contributed by atoms with Crippen LogP contribution >= 0.6 is 0 Å². The molecule has 0 aliphatic carbocycles. The van der Waals surface area contributed by atoms with E-state index in [1.165, 1.54) is 17.5 Å². The zero-order chi connectivity index (χ0) is 20.8. The van der Waals surface area contributed by atoms with E-state index in [0.717, 1.165) is 6.42 Å². The SMILES string of the molecule is COC(=O)[C@H](C)C[C@@H](C)CO[Si](c1ccccc1)(c1ccccc1)C(C)(C)C. The van der Waals surface area contributed by atoms with Crippen molar-refractivity contribution < 1.29 is 14.0 Å². The van der Waals surface area contributed by atoms with Gasteiger partial charge >= 0.3 is 5.97 Å². The standard InChI is InChI=1S/C24H34O3Si/c1-19(17-20(2)23(25)26-6)18-27-28(24(3,4)5,21-13-9-7-10-14-21)22-15-11-8-12-16-22/h7-16,19-20H,17-18H2,1-6H3/t19-,20-/m1/s1. The molecule has 0 radical (unpaired) electrons. The third-order valence-corrected chi connectivity index (χ3v) is 10.4. The smallest absolute Gasteiger partial charge is 0.308 e. The summed E-state index contributed by atoms with van der Waals surface area (Å²) < 4.78 is 11.8. The molecule has 2 rings (SSSR count). The minimum absolute atomic E-state index is 0.0383. The first-order valence-electron chi connectivity index (χ1n) is 10.0. The summed E-state index contributed by atoms with van der Waals surface area (Å²) in [5.74, 6) is -0.0178. The van der Waals surface area contributed by atoms with E-state index in [9.17, 15) is 4.79 Å². The molecule has 2 aromatic carbocycles. The molecule has 0 heterocycles. The molecule has 152 valence electrons. The molecule has 0 aromatic heterocycles. The van der Waals surface area contributed by atoms with Crippen LogP contribution in [0.3, 0.4) is 0 Å². The normalized spacial score (nSPS) is 14.4. The first-order valence-corrected chi connectivity index (χ1v) is 12.0. The monoisotopic (exact) mass is 398 g/mol. The van der Waals surface area contributed by atoms with E-state index in [-0.39, 0.29) is 22.8 Å². The molecule has 0 bridgehead atoms. The topological polar surface area (TPSA) is 35.5 Å². The van der Waals surface area contributed by atoms with Gasteiger partial charge in [-0.2, -0.15) is 0 Å². The van der Waals surface area contributed by atoms with Gasteiger partial charge in [0.1, 0.15) is 0 Å². The number of benzene rings is 2. The van der Waals surface area contributed by atoms with Crippen LogP contribution in [0.4, 0.5) is 0 Å². The molecule has 0 amide bonds. The van der Waals surface area contributed by atoms with E-state index < -0.39 is 8.32 Å². The number of rotatable bonds is 8. The maximum Gasteiger partial charge on any atom is 0.308 e. The van der Waals surface area contributed by atoms with Crippen molar-refractivity contribution in [2.45, 2.75) is 46.1 Å². The molecular formula is C24H34O3Si. The lowest BCUT2D eigenvalue weighted by molar-refractivity contribution is -0.145. The summed E-state index contributed by atoms with van der Waals surface area (Å²) in [5.41, 5.74) is 0. The van der Waals surface area contributed by atoms with Crippen LogP contribution in [-0.4, -0.2) is 28.0 Å². The van der Waals surface area contributed by atoms with Gasteiger partial charge in [-0.25, -0.2) is 0 Å². The van der Waals surface area contributed by atoms with Gasteiger partial charge in [0.05, 0.1) is 13.0 Å². The van der Waals surface area contributed by atoms with Gasteiger partial charge in [-0.05, 0) is 27.8 Å². The van der Waals surface area contributed by atoms with Crippen LogP contribution in [0.1, 0.15) is 41.0 Å². The van der Waals surface area contributed by atoms with E-state index in [4.69, 9.17) is 9.16 Å². The van der Waals surface area contributed by atoms with Gasteiger partial charge in [-0.1, -0.05) is 95.3 Å². The summed E-state index contributed by atoms with van der Waals surface area (Å²) in [7, 11) is -1.07. The average molecular weight is 399 g/mol. The van der Waals surface area contributed by atoms with Crippen molar-refractivity contribution in [3.63, 3.8) is 0 Å². The van der Waals surface area contributed by atoms with Crippen LogP contribution < -0.4 is 10.4 Å². The number of esters is 1. The molecular weight excluding hydrogens is 364 g/mol. The van der Waals surface area contributed by atoms with Gasteiger partial charge < -0.3 is 9.16 Å². The second-order valence-electron chi connectivity index (χ2n) is 8.74. The van der Waals surface area contributed by atoms with Crippen LogP contribution in [0.25, 0.3) is 0 Å². The highest BCUT2D eigenvalue weighted by Crippen LogP contribution is 2.37. The lowest BCUT2D eigenvalue weighted by Crippen LogP contribution is -2.66. The first kappa shape index (κ1) is 22.4. The van der Waals surface area contributed by atoms with Crippen LogP contribution in [-0.2, 0) is 14.0 Å². The highest BCUT2D eigenvalue weighted by Gasteiger charge is 2.50. The number of methoxy groups -OCH3 is 1. The van der Waals surface area contributed by atoms with E-state index >= 15 is 0 Å². The Hall–Kier alpha value is -1.91. The molecule has 0 N–H and O–H groups in total. The van der Waals surface area contributed by atoms with Gasteiger partial charge in [0.2, 0.25) is 0 Å². The summed E-state index contributed by atoms with van der Waals surface area (Å²) in [4.78, 5) is 11.8. The van der Waals surface area contributed by atoms with E-state index in [1.54, 1.807) is 0 Å². The largest absolute Gasteiger partial charge is 0.469 e. The van der Waals surface area contributed by atoms with Crippen molar-refractivity contribution in [2.24, 2.45) is 11.8 Å². The molecule has 0 aliphatic heterocycles. The summed E-state index contributed by atoms with van der Waals surface area (Å²) in [6.45, 7) is 11.5. The minimum atomic E-state index is -2.51. The van der Waals surface area contributed by atoms with Crippen molar-refractivity contribution in [1.29, 1.82) is 0 Å². The van der Waals surface area contributed by atoms with E-state index in [2.05, 4.69) is 88.4 Å². The zero-order valence-corrected chi connectivity index (χ0v) is 19.1. The molecule has 28 heavy (non-hydrogen) atoms. The Morgan fingerprint density at radius 1 is 0.929 bits per heavy atom. The second kappa shape index (κ2) is 9.53. The molecule has 2 aromatic rings. The number of hydrogen-bond donors (Lipinski definition) is 0. The molecule has 0 fully saturated rings. The van der Waals surface area contributed by atoms with Crippen molar-refractivity contribution in [3.8, 4) is 0 Å². The van der Waals surface area contributed by atoms with Crippen LogP contribution in [0.15, 0.2) is 60.7 Å². The number of ether oxygens (including phenoxy) is 1. The summed E-state index contributed by atoms with van der Waals surface area (Å²) in [6, 6.07) is 21.3. The van der Waals surface area contributed by atoms with Gasteiger partial charge in [0.15, 0.2) is 0 Å². The molecule has 2 atom stereocenters. The van der Waals surface area contributed by atoms with Gasteiger partial charge in [-0.15, -0.1) is 0 Å². The Labute approximate surface area is 171 Å². The molecule has 0 unspecified atom stereocenters. The maximum absolute atomic E-state index is 11.8. The third-order valence-electron chi connectivity index (χ3n) is 5.36. The second-order valence-corrected chi connectivity index (χ2v) is 13.0. The van der Waals surface area contributed by atoms with Crippen LogP contribution in [0.2, 0.25) is 5.04 Å². The lowest BCUT2D eigenvalue weighted by Gasteiger charge is -2.43. The fourth-order valence-corrected chi connectivity index (χ4v) is 8.69. The quantitative estimate of drug-likeness (QED) is 0.488. The molecule has 0 saturated heterocycles. The summed E-state index contributed by atoms with van der Waals surface area (Å²) in [5, 5.41) is 2.52. The van der Waals surface area contributed by atoms with Crippen molar-refractivity contribution in [3.05, 3.63) is 60.7 Å². The van der Waals surface area contributed by atoms with Crippen molar-refractivity contribution >= 4 is 24.7 Å². The summed E-state index contributed by atoms with van der Waals surface area (Å²) in [6.07, 6.45) is 0.755. The maximum atomic E-state index is 11.8. The average Bonchev–Trinajstić information content (AvgIpc) is 2.68. The third kappa shape index (κ3) is 4.92. The van der Waals surface area contributed by atoms with Crippen LogP contribution in [0, 0.1) is 11.8 Å². The highest BCUT2D eigenvalue weighted by atomic mass is 28.4. The number of carbonyl (C=O) groups is 1. The minimum Gasteiger partial charge on any atom is -0.469 e. The highest BCUT2D eigenvalue weighted by molar-refractivity contribution is 6.99. The molecule has 0 aliphatic rings. The molecule has 0 saturated carbocycles. The fourth-order valence-electron chi connectivity index (χ4n) is 4.00. The fraction of sp³-hybridized carbons (Fsp3) is 0.458. The molecule has 4 heteroatoms. The number of carbonyl (C=O) groups excluding carboxylic acids is 1. The summed E-state index contributed by atoms with van der Waals surface area (Å²) >= 11 is 0. The van der Waals surface area contributed by atoms with Crippen LogP contribution in [0.5, 0.6) is 0 Å². The Kier molecular flexibility index (Phi) is 7.61. The molecule has 0 spiro atoms. The number of hydrogen-bond acceptors (Lipinski definition) is 3. The Bertz CT molecular complexity index is 698. The predicted molar refractivity (Wildman–Crippen MR) is 119 cm³/mol. The van der Waals surface area contributed by atoms with Crippen molar-refractivity contribution in [2.75, 3.05) is 13.7 Å². The molecule has 3 nitrogen and oxygen atoms in total. The van der Waals surface area contributed by atoms with E-state index in [1.807, 2.05) is 6.92 Å². The Balaban J connectivity index is 2.38. The van der Waals surface area contributed by atoms with Gasteiger partial charge in [0.25, 0.3) is 8.32 Å². The predicted octanol–water partition coefficient (Wildman–Crippen LogP) is 4.40. The van der Waals surface area contributed by atoms with Gasteiger partial charge in [-0.3, -0.25) is 4.79 Å². The van der Waals surface area contributed by atoms with Crippen molar-refractivity contribution in [1.82, 2.24) is 0 Å². The lowest BCUT2D eigenvalue weighted by atomic mass is 9.98. The Morgan fingerprint density at radius 3 is 1.79 bits per heavy atom. The van der Waals surface area contributed by atoms with E-state index in [0.29, 0.717) is 6.61 Å². The zero-order valence-electron chi connectivity index (χ0n) is 18.1. The first-order chi connectivity index (χ1) is 13.2. The Morgan fingerprint density at radius 2 is 1.39 bits per heavy atom.